The van der Waals surface area contributed by atoms with Crippen LogP contribution in [-0.2, 0) is 11.3 Å². The molecule has 0 aliphatic rings. The lowest BCUT2D eigenvalue weighted by molar-refractivity contribution is 0.0460. The zero-order chi connectivity index (χ0) is 17.9. The van der Waals surface area contributed by atoms with E-state index < -0.39 is 5.97 Å². The van der Waals surface area contributed by atoms with Crippen molar-refractivity contribution < 1.29 is 9.53 Å². The second kappa shape index (κ2) is 7.25. The number of aromatic nitrogens is 3. The van der Waals surface area contributed by atoms with Gasteiger partial charge in [0.1, 0.15) is 0 Å². The molecule has 0 atom stereocenters. The number of rotatable bonds is 5. The molecule has 0 radical (unpaired) electrons. The first-order chi connectivity index (χ1) is 11.3. The summed E-state index contributed by atoms with van der Waals surface area (Å²) in [4.78, 5) is 23.9. The number of nitrogens with zero attached hydrogens (tertiary/aromatic N) is 3. The Balaban J connectivity index is 2.20. The van der Waals surface area contributed by atoms with Crippen molar-refractivity contribution in [1.82, 2.24) is 15.0 Å². The Morgan fingerprint density at radius 2 is 1.67 bits per heavy atom. The second-order valence-electron chi connectivity index (χ2n) is 6.20. The Kier molecular flexibility index (Phi) is 5.33. The monoisotopic (exact) mass is 329 g/mol. The van der Waals surface area contributed by atoms with Gasteiger partial charge in [-0.1, -0.05) is 39.8 Å². The molecular formula is C17H23N5O2. The maximum Gasteiger partial charge on any atom is 0.338 e. The van der Waals surface area contributed by atoms with E-state index >= 15 is 0 Å². The predicted octanol–water partition coefficient (Wildman–Crippen LogP) is 2.64. The summed E-state index contributed by atoms with van der Waals surface area (Å²) in [6.07, 6.45) is 0. The summed E-state index contributed by atoms with van der Waals surface area (Å²) in [5.74, 6) is 0.388. The Morgan fingerprint density at radius 1 is 1.04 bits per heavy atom. The number of carbonyl (C=O) groups is 1. The highest BCUT2D eigenvalue weighted by atomic mass is 16.5. The van der Waals surface area contributed by atoms with E-state index in [9.17, 15) is 4.79 Å². The van der Waals surface area contributed by atoms with Gasteiger partial charge in [0.05, 0.1) is 5.56 Å². The molecule has 7 nitrogen and oxygen atoms in total. The van der Waals surface area contributed by atoms with Crippen molar-refractivity contribution in [2.24, 2.45) is 0 Å². The van der Waals surface area contributed by atoms with E-state index in [0.717, 1.165) is 5.56 Å². The third-order valence-electron chi connectivity index (χ3n) is 3.63. The molecule has 1 aromatic carbocycles. The molecule has 4 N–H and O–H groups in total. The highest BCUT2D eigenvalue weighted by molar-refractivity contribution is 5.91. The van der Waals surface area contributed by atoms with Crippen LogP contribution in [0.2, 0.25) is 0 Å². The quantitative estimate of drug-likeness (QED) is 0.810. The molecule has 2 aromatic rings. The summed E-state index contributed by atoms with van der Waals surface area (Å²) in [7, 11) is 0. The van der Waals surface area contributed by atoms with Crippen molar-refractivity contribution in [2.45, 2.75) is 46.1 Å². The average molecular weight is 329 g/mol. The van der Waals surface area contributed by atoms with Gasteiger partial charge in [0.25, 0.3) is 0 Å². The molecule has 128 valence electrons. The van der Waals surface area contributed by atoms with E-state index in [2.05, 4.69) is 34.9 Å². The number of nitrogen functional groups attached to an aromatic ring is 2. The summed E-state index contributed by atoms with van der Waals surface area (Å²) < 4.78 is 5.31. The molecule has 0 saturated carbocycles. The molecule has 2 rings (SSSR count). The average Bonchev–Trinajstić information content (AvgIpc) is 2.51. The van der Waals surface area contributed by atoms with Crippen LogP contribution in [0.15, 0.2) is 18.2 Å². The fraction of sp³-hybridized carbons (Fsp3) is 0.412. The van der Waals surface area contributed by atoms with Gasteiger partial charge in [-0.2, -0.15) is 15.0 Å². The lowest BCUT2D eigenvalue weighted by Crippen LogP contribution is -2.13. The number of nitrogens with two attached hydrogens (primary N) is 2. The van der Waals surface area contributed by atoms with Gasteiger partial charge in [0, 0.05) is 0 Å². The number of hydrogen-bond acceptors (Lipinski definition) is 7. The lowest BCUT2D eigenvalue weighted by atomic mass is 9.91. The van der Waals surface area contributed by atoms with Gasteiger partial charge in [-0.3, -0.25) is 0 Å². The van der Waals surface area contributed by atoms with Crippen molar-refractivity contribution in [3.05, 3.63) is 40.7 Å². The second-order valence-corrected chi connectivity index (χ2v) is 6.20. The molecule has 0 unspecified atom stereocenters. The maximum absolute atomic E-state index is 12.4. The van der Waals surface area contributed by atoms with Crippen LogP contribution in [-0.4, -0.2) is 20.9 Å². The molecule has 1 heterocycles. The Morgan fingerprint density at radius 3 is 2.21 bits per heavy atom. The van der Waals surface area contributed by atoms with Crippen LogP contribution in [0.1, 0.15) is 66.8 Å². The summed E-state index contributed by atoms with van der Waals surface area (Å²) in [5, 5.41) is 0. The predicted molar refractivity (Wildman–Crippen MR) is 92.4 cm³/mol. The first-order valence-corrected chi connectivity index (χ1v) is 7.84. The molecular weight excluding hydrogens is 306 g/mol. The SMILES string of the molecule is CC(C)c1ccc(C(=O)OCc2nc(N)nc(N)n2)c(C(C)C)c1. The van der Waals surface area contributed by atoms with Gasteiger partial charge < -0.3 is 16.2 Å². The van der Waals surface area contributed by atoms with E-state index in [4.69, 9.17) is 16.2 Å². The van der Waals surface area contributed by atoms with Gasteiger partial charge in [0.2, 0.25) is 11.9 Å². The number of anilines is 2. The van der Waals surface area contributed by atoms with Crippen molar-refractivity contribution in [1.29, 1.82) is 0 Å². The van der Waals surface area contributed by atoms with Crippen molar-refractivity contribution in [2.75, 3.05) is 11.5 Å². The highest BCUT2D eigenvalue weighted by Gasteiger charge is 2.17. The number of ether oxygens (including phenoxy) is 1. The lowest BCUT2D eigenvalue weighted by Gasteiger charge is -2.15. The summed E-state index contributed by atoms with van der Waals surface area (Å²) in [5.41, 5.74) is 13.7. The molecule has 7 heteroatoms. The molecule has 0 fully saturated rings. The van der Waals surface area contributed by atoms with Crippen LogP contribution in [0, 0.1) is 0 Å². The minimum Gasteiger partial charge on any atom is -0.454 e. The van der Waals surface area contributed by atoms with Crippen LogP contribution < -0.4 is 11.5 Å². The molecule has 24 heavy (non-hydrogen) atoms. The first-order valence-electron chi connectivity index (χ1n) is 7.84. The highest BCUT2D eigenvalue weighted by Crippen LogP contribution is 2.25. The molecule has 0 aliphatic carbocycles. The minimum atomic E-state index is -0.424. The maximum atomic E-state index is 12.4. The summed E-state index contributed by atoms with van der Waals surface area (Å²) in [6.45, 7) is 8.21. The Labute approximate surface area is 141 Å². The van der Waals surface area contributed by atoms with Crippen molar-refractivity contribution in [3.63, 3.8) is 0 Å². The van der Waals surface area contributed by atoms with Crippen LogP contribution >= 0.6 is 0 Å². The standard InChI is InChI=1S/C17H23N5O2/c1-9(2)11-5-6-12(13(7-11)10(3)4)15(23)24-8-14-20-16(18)22-17(19)21-14/h5-7,9-10H,8H2,1-4H3,(H4,18,19,20,21,22). The molecule has 0 bridgehead atoms. The smallest absolute Gasteiger partial charge is 0.338 e. The fourth-order valence-electron chi connectivity index (χ4n) is 2.33. The van der Waals surface area contributed by atoms with Gasteiger partial charge in [-0.25, -0.2) is 4.79 Å². The van der Waals surface area contributed by atoms with E-state index in [0.29, 0.717) is 11.5 Å². The van der Waals surface area contributed by atoms with Gasteiger partial charge in [-0.05, 0) is 29.0 Å². The topological polar surface area (TPSA) is 117 Å². The van der Waals surface area contributed by atoms with Crippen LogP contribution in [0.4, 0.5) is 11.9 Å². The third-order valence-corrected chi connectivity index (χ3v) is 3.63. The molecule has 0 saturated heterocycles. The molecule has 0 spiro atoms. The zero-order valence-electron chi connectivity index (χ0n) is 14.4. The third kappa shape index (κ3) is 4.18. The van der Waals surface area contributed by atoms with Gasteiger partial charge >= 0.3 is 5.97 Å². The Hall–Kier alpha value is -2.70. The number of hydrogen-bond donors (Lipinski definition) is 2. The van der Waals surface area contributed by atoms with Gasteiger partial charge in [0.15, 0.2) is 12.4 Å². The molecule has 0 amide bonds. The molecule has 0 aliphatic heterocycles. The zero-order valence-corrected chi connectivity index (χ0v) is 14.4. The number of carbonyl (C=O) groups excluding carboxylic acids is 1. The van der Waals surface area contributed by atoms with Crippen LogP contribution in [0.25, 0.3) is 0 Å². The summed E-state index contributed by atoms with van der Waals surface area (Å²) in [6, 6.07) is 5.82. The van der Waals surface area contributed by atoms with E-state index in [1.54, 1.807) is 0 Å². The summed E-state index contributed by atoms with van der Waals surface area (Å²) >= 11 is 0. The minimum absolute atomic E-state index is 0.00213. The number of esters is 1. The Bertz CT molecular complexity index is 724. The largest absolute Gasteiger partial charge is 0.454 e. The molecule has 1 aromatic heterocycles. The normalized spacial score (nSPS) is 11.1. The van der Waals surface area contributed by atoms with Gasteiger partial charge in [-0.15, -0.1) is 0 Å². The van der Waals surface area contributed by atoms with E-state index in [1.165, 1.54) is 5.56 Å². The first kappa shape index (κ1) is 17.7. The fourth-order valence-corrected chi connectivity index (χ4v) is 2.33. The van der Waals surface area contributed by atoms with Crippen molar-refractivity contribution in [3.8, 4) is 0 Å². The van der Waals surface area contributed by atoms with Crippen LogP contribution in [0.5, 0.6) is 0 Å². The van der Waals surface area contributed by atoms with E-state index in [1.807, 2.05) is 26.0 Å². The van der Waals surface area contributed by atoms with E-state index in [-0.39, 0.29) is 30.2 Å². The van der Waals surface area contributed by atoms with Crippen LogP contribution in [0.3, 0.4) is 0 Å². The van der Waals surface area contributed by atoms with Crippen molar-refractivity contribution >= 4 is 17.9 Å². The number of benzene rings is 1.